The highest BCUT2D eigenvalue weighted by molar-refractivity contribution is 5.90. The van der Waals surface area contributed by atoms with Crippen molar-refractivity contribution < 1.29 is 0 Å². The van der Waals surface area contributed by atoms with Crippen molar-refractivity contribution in [2.75, 3.05) is 0 Å². The molecule has 1 aromatic carbocycles. The van der Waals surface area contributed by atoms with E-state index in [2.05, 4.69) is 37.9 Å². The molecule has 1 nitrogen and oxygen atoms in total. The zero-order chi connectivity index (χ0) is 11.3. The number of aromatic nitrogens is 1. The van der Waals surface area contributed by atoms with Crippen LogP contribution in [0.15, 0.2) is 12.1 Å². The molecule has 3 rings (SSSR count). The molecule has 16 heavy (non-hydrogen) atoms. The highest BCUT2D eigenvalue weighted by Gasteiger charge is 2.21. The first-order valence-electron chi connectivity index (χ1n) is 6.26. The molecule has 1 aliphatic rings. The number of nitrogens with one attached hydrogen (secondary N) is 1. The fourth-order valence-electron chi connectivity index (χ4n) is 3.02. The number of aromatic amines is 1. The molecule has 1 N–H and O–H groups in total. The largest absolute Gasteiger partial charge is 0.358 e. The third-order valence-electron chi connectivity index (χ3n) is 4.00. The average Bonchev–Trinajstić information content (AvgIpc) is 2.63. The predicted octanol–water partition coefficient (Wildman–Crippen LogP) is 3.91. The lowest BCUT2D eigenvalue weighted by Crippen LogP contribution is -2.10. The average molecular weight is 213 g/mol. The number of aryl methyl sites for hydroxylation is 3. The third kappa shape index (κ3) is 1.31. The zero-order valence-corrected chi connectivity index (χ0v) is 10.4. The van der Waals surface area contributed by atoms with Gasteiger partial charge < -0.3 is 4.98 Å². The standard InChI is InChI=1S/C15H19N/c1-9-4-7-13-12(8-9)14-10(2)5-6-11(3)15(14)16-13/h5-6,9,16H,4,7-8H2,1-3H3. The Kier molecular flexibility index (Phi) is 2.10. The maximum absolute atomic E-state index is 3.65. The molecular formula is C15H19N. The van der Waals surface area contributed by atoms with Crippen LogP contribution in [0.3, 0.4) is 0 Å². The van der Waals surface area contributed by atoms with Gasteiger partial charge in [0.15, 0.2) is 0 Å². The number of H-pyrrole nitrogens is 1. The summed E-state index contributed by atoms with van der Waals surface area (Å²) in [7, 11) is 0. The molecule has 1 heterocycles. The number of hydrogen-bond acceptors (Lipinski definition) is 0. The van der Waals surface area contributed by atoms with Crippen molar-refractivity contribution in [1.29, 1.82) is 0 Å². The SMILES string of the molecule is Cc1ccc(C)c2c3c([nH]c12)CCC(C)C3. The van der Waals surface area contributed by atoms with Gasteiger partial charge in [0, 0.05) is 16.6 Å². The van der Waals surface area contributed by atoms with Gasteiger partial charge in [0.1, 0.15) is 0 Å². The molecule has 1 aromatic heterocycles. The quantitative estimate of drug-likeness (QED) is 0.683. The van der Waals surface area contributed by atoms with Crippen molar-refractivity contribution in [3.05, 3.63) is 34.5 Å². The molecule has 2 aromatic rings. The molecule has 0 bridgehead atoms. The highest BCUT2D eigenvalue weighted by atomic mass is 14.7. The molecule has 1 heteroatoms. The smallest absolute Gasteiger partial charge is 0.0491 e. The second-order valence-electron chi connectivity index (χ2n) is 5.38. The summed E-state index contributed by atoms with van der Waals surface area (Å²) in [4.78, 5) is 3.65. The van der Waals surface area contributed by atoms with Crippen LogP contribution < -0.4 is 0 Å². The van der Waals surface area contributed by atoms with Gasteiger partial charge in [-0.05, 0) is 55.7 Å². The van der Waals surface area contributed by atoms with Crippen molar-refractivity contribution in [3.63, 3.8) is 0 Å². The number of fused-ring (bicyclic) bond motifs is 3. The third-order valence-corrected chi connectivity index (χ3v) is 4.00. The molecule has 1 atom stereocenters. The molecule has 0 spiro atoms. The number of hydrogen-bond donors (Lipinski definition) is 1. The maximum atomic E-state index is 3.65. The Morgan fingerprint density at radius 2 is 1.94 bits per heavy atom. The second kappa shape index (κ2) is 3.38. The summed E-state index contributed by atoms with van der Waals surface area (Å²) in [5.74, 6) is 0.839. The second-order valence-corrected chi connectivity index (χ2v) is 5.38. The minimum atomic E-state index is 0.839. The summed E-state index contributed by atoms with van der Waals surface area (Å²) in [6.45, 7) is 6.80. The van der Waals surface area contributed by atoms with Crippen molar-refractivity contribution in [2.24, 2.45) is 5.92 Å². The minimum Gasteiger partial charge on any atom is -0.358 e. The lowest BCUT2D eigenvalue weighted by molar-refractivity contribution is 0.499. The van der Waals surface area contributed by atoms with Crippen LogP contribution in [0, 0.1) is 19.8 Å². The van der Waals surface area contributed by atoms with Gasteiger partial charge in [-0.2, -0.15) is 0 Å². The van der Waals surface area contributed by atoms with Gasteiger partial charge in [0.25, 0.3) is 0 Å². The van der Waals surface area contributed by atoms with E-state index in [0.29, 0.717) is 0 Å². The molecule has 0 radical (unpaired) electrons. The van der Waals surface area contributed by atoms with Gasteiger partial charge >= 0.3 is 0 Å². The van der Waals surface area contributed by atoms with E-state index in [1.54, 1.807) is 5.56 Å². The number of benzene rings is 1. The van der Waals surface area contributed by atoms with Gasteiger partial charge in [-0.3, -0.25) is 0 Å². The molecule has 0 amide bonds. The number of rotatable bonds is 0. The van der Waals surface area contributed by atoms with E-state index in [9.17, 15) is 0 Å². The summed E-state index contributed by atoms with van der Waals surface area (Å²) in [6.07, 6.45) is 3.81. The van der Waals surface area contributed by atoms with Crippen molar-refractivity contribution in [3.8, 4) is 0 Å². The fraction of sp³-hybridized carbons (Fsp3) is 0.467. The lowest BCUT2D eigenvalue weighted by atomic mass is 9.87. The molecule has 0 saturated carbocycles. The summed E-state index contributed by atoms with van der Waals surface area (Å²) < 4.78 is 0. The van der Waals surface area contributed by atoms with E-state index in [0.717, 1.165) is 5.92 Å². The first kappa shape index (κ1) is 9.95. The lowest BCUT2D eigenvalue weighted by Gasteiger charge is -2.18. The van der Waals surface area contributed by atoms with E-state index >= 15 is 0 Å². The predicted molar refractivity (Wildman–Crippen MR) is 69.0 cm³/mol. The van der Waals surface area contributed by atoms with E-state index in [4.69, 9.17) is 0 Å². The Hall–Kier alpha value is -1.24. The van der Waals surface area contributed by atoms with Gasteiger partial charge in [-0.15, -0.1) is 0 Å². The van der Waals surface area contributed by atoms with Crippen molar-refractivity contribution in [2.45, 2.75) is 40.0 Å². The van der Waals surface area contributed by atoms with E-state index in [-0.39, 0.29) is 0 Å². The zero-order valence-electron chi connectivity index (χ0n) is 10.4. The Morgan fingerprint density at radius 1 is 1.19 bits per heavy atom. The fourth-order valence-corrected chi connectivity index (χ4v) is 3.02. The summed E-state index contributed by atoms with van der Waals surface area (Å²) in [5.41, 5.74) is 7.26. The molecule has 84 valence electrons. The van der Waals surface area contributed by atoms with Gasteiger partial charge in [-0.25, -0.2) is 0 Å². The summed E-state index contributed by atoms with van der Waals surface area (Å²) in [6, 6.07) is 4.48. The Morgan fingerprint density at radius 3 is 2.75 bits per heavy atom. The van der Waals surface area contributed by atoms with E-state index in [1.165, 1.54) is 47.0 Å². The normalized spacial score (nSPS) is 20.1. The maximum Gasteiger partial charge on any atom is 0.0491 e. The van der Waals surface area contributed by atoms with Crippen LogP contribution in [0.1, 0.15) is 35.7 Å². The van der Waals surface area contributed by atoms with Crippen molar-refractivity contribution in [1.82, 2.24) is 4.98 Å². The van der Waals surface area contributed by atoms with E-state index in [1.807, 2.05) is 0 Å². The van der Waals surface area contributed by atoms with Gasteiger partial charge in [0.05, 0.1) is 0 Å². The Balaban J connectivity index is 2.34. The van der Waals surface area contributed by atoms with Crippen LogP contribution in [0.5, 0.6) is 0 Å². The van der Waals surface area contributed by atoms with Crippen LogP contribution in [-0.2, 0) is 12.8 Å². The van der Waals surface area contributed by atoms with Crippen LogP contribution in [0.25, 0.3) is 10.9 Å². The Labute approximate surface area is 96.9 Å². The monoisotopic (exact) mass is 213 g/mol. The Bertz CT molecular complexity index is 548. The molecule has 0 fully saturated rings. The molecule has 0 saturated heterocycles. The van der Waals surface area contributed by atoms with Crippen LogP contribution in [0.4, 0.5) is 0 Å². The van der Waals surface area contributed by atoms with Gasteiger partial charge in [-0.1, -0.05) is 19.1 Å². The van der Waals surface area contributed by atoms with E-state index < -0.39 is 0 Å². The molecule has 1 unspecified atom stereocenters. The van der Waals surface area contributed by atoms with Crippen molar-refractivity contribution >= 4 is 10.9 Å². The summed E-state index contributed by atoms with van der Waals surface area (Å²) >= 11 is 0. The first-order chi connectivity index (χ1) is 7.66. The summed E-state index contributed by atoms with van der Waals surface area (Å²) in [5, 5.41) is 1.50. The van der Waals surface area contributed by atoms with Crippen LogP contribution in [0.2, 0.25) is 0 Å². The molecular weight excluding hydrogens is 194 g/mol. The minimum absolute atomic E-state index is 0.839. The first-order valence-corrected chi connectivity index (χ1v) is 6.26. The van der Waals surface area contributed by atoms with Gasteiger partial charge in [0.2, 0.25) is 0 Å². The molecule has 0 aliphatic heterocycles. The highest BCUT2D eigenvalue weighted by Crippen LogP contribution is 2.34. The molecule has 1 aliphatic carbocycles. The van der Waals surface area contributed by atoms with Crippen LogP contribution >= 0.6 is 0 Å². The topological polar surface area (TPSA) is 15.8 Å². The van der Waals surface area contributed by atoms with Crippen LogP contribution in [-0.4, -0.2) is 4.98 Å².